The van der Waals surface area contributed by atoms with Crippen molar-refractivity contribution in [3.63, 3.8) is 0 Å². The Kier molecular flexibility index (Phi) is 9.20. The van der Waals surface area contributed by atoms with Crippen molar-refractivity contribution in [3.8, 4) is 0 Å². The van der Waals surface area contributed by atoms with Crippen LogP contribution in [0.15, 0.2) is 36.4 Å². The van der Waals surface area contributed by atoms with Crippen LogP contribution >= 0.6 is 0 Å². The normalized spacial score (nSPS) is 33.2. The van der Waals surface area contributed by atoms with E-state index in [1.807, 2.05) is 37.3 Å². The Morgan fingerprint density at radius 1 is 1.08 bits per heavy atom. The van der Waals surface area contributed by atoms with Crippen LogP contribution in [-0.4, -0.2) is 47.9 Å². The van der Waals surface area contributed by atoms with Gasteiger partial charge < -0.3 is 18.9 Å². The molecular weight excluding hydrogens is 496 g/mol. The predicted molar refractivity (Wildman–Crippen MR) is 147 cm³/mol. The van der Waals surface area contributed by atoms with E-state index in [0.29, 0.717) is 18.8 Å². The van der Waals surface area contributed by atoms with Gasteiger partial charge in [0, 0.05) is 24.8 Å². The zero-order valence-corrected chi connectivity index (χ0v) is 24.0. The monoisotopic (exact) mass is 540 g/mol. The molecule has 0 spiro atoms. The first kappa shape index (κ1) is 29.3. The van der Waals surface area contributed by atoms with Crippen LogP contribution in [0.3, 0.4) is 0 Å². The fourth-order valence-corrected chi connectivity index (χ4v) is 7.06. The van der Waals surface area contributed by atoms with Gasteiger partial charge in [-0.15, -0.1) is 0 Å². The minimum Gasteiger partial charge on any atom is -0.457 e. The number of fused-ring (bicyclic) bond motifs is 4. The van der Waals surface area contributed by atoms with Crippen molar-refractivity contribution in [1.82, 2.24) is 0 Å². The minimum atomic E-state index is -0.785. The molecule has 39 heavy (non-hydrogen) atoms. The van der Waals surface area contributed by atoms with E-state index in [0.717, 1.165) is 37.7 Å². The van der Waals surface area contributed by atoms with E-state index in [1.54, 1.807) is 6.08 Å². The summed E-state index contributed by atoms with van der Waals surface area (Å²) in [5.41, 5.74) is -0.568. The molecule has 1 aromatic rings. The molecule has 7 heteroatoms. The molecule has 3 fully saturated rings. The summed E-state index contributed by atoms with van der Waals surface area (Å²) in [7, 11) is 0. The van der Waals surface area contributed by atoms with Crippen molar-refractivity contribution in [2.24, 2.45) is 23.7 Å². The Labute approximate surface area is 232 Å². The van der Waals surface area contributed by atoms with E-state index >= 15 is 0 Å². The molecular formula is C32H44O7. The first-order valence-corrected chi connectivity index (χ1v) is 14.6. The largest absolute Gasteiger partial charge is 0.457 e. The molecule has 0 N–H and O–H groups in total. The number of rotatable bonds is 11. The molecule has 0 radical (unpaired) electrons. The van der Waals surface area contributed by atoms with Crippen LogP contribution in [0.25, 0.3) is 6.08 Å². The van der Waals surface area contributed by atoms with Gasteiger partial charge in [-0.25, -0.2) is 9.59 Å². The average Bonchev–Trinajstić information content (AvgIpc) is 3.42. The van der Waals surface area contributed by atoms with Crippen LogP contribution in [0.2, 0.25) is 0 Å². The highest BCUT2D eigenvalue weighted by atomic mass is 16.6. The number of carbonyl (C=O) groups excluding carboxylic acids is 3. The first-order valence-electron chi connectivity index (χ1n) is 14.6. The molecule has 7 atom stereocenters. The molecule has 2 heterocycles. The summed E-state index contributed by atoms with van der Waals surface area (Å²) in [6.07, 6.45) is 7.59. The minimum absolute atomic E-state index is 0.0153. The summed E-state index contributed by atoms with van der Waals surface area (Å²) in [6, 6.07) is 9.64. The number of esters is 3. The quantitative estimate of drug-likeness (QED) is 0.150. The van der Waals surface area contributed by atoms with Crippen LogP contribution in [0.4, 0.5) is 0 Å². The van der Waals surface area contributed by atoms with Crippen molar-refractivity contribution in [3.05, 3.63) is 42.0 Å². The maximum absolute atomic E-state index is 13.1. The third-order valence-corrected chi connectivity index (χ3v) is 9.22. The second-order valence-corrected chi connectivity index (χ2v) is 12.0. The van der Waals surface area contributed by atoms with Gasteiger partial charge in [-0.2, -0.15) is 0 Å². The molecule has 3 aliphatic rings. The van der Waals surface area contributed by atoms with Gasteiger partial charge in [-0.1, -0.05) is 70.9 Å². The lowest BCUT2D eigenvalue weighted by molar-refractivity contribution is -0.264. The van der Waals surface area contributed by atoms with Crippen LogP contribution in [0, 0.1) is 23.7 Å². The third kappa shape index (κ3) is 6.08. The molecule has 1 aromatic carbocycles. The Morgan fingerprint density at radius 2 is 1.82 bits per heavy atom. The summed E-state index contributed by atoms with van der Waals surface area (Å²) in [4.78, 5) is 37.9. The lowest BCUT2D eigenvalue weighted by Gasteiger charge is -2.52. The van der Waals surface area contributed by atoms with Gasteiger partial charge in [0.2, 0.25) is 0 Å². The van der Waals surface area contributed by atoms with Crippen LogP contribution in [0.5, 0.6) is 0 Å². The van der Waals surface area contributed by atoms with Crippen LogP contribution < -0.4 is 0 Å². The van der Waals surface area contributed by atoms with Crippen LogP contribution in [-0.2, 0) is 33.3 Å². The second-order valence-electron chi connectivity index (χ2n) is 12.0. The van der Waals surface area contributed by atoms with Gasteiger partial charge in [0.1, 0.15) is 23.4 Å². The number of carbonyl (C=O) groups is 3. The van der Waals surface area contributed by atoms with Gasteiger partial charge in [0.05, 0.1) is 0 Å². The highest BCUT2D eigenvalue weighted by molar-refractivity contribution is 5.87. The maximum Gasteiger partial charge on any atom is 0.344 e. The zero-order chi connectivity index (χ0) is 28.2. The standard InChI is InChI=1S/C32H44O7/c1-6-7-9-14-26(33)36-20-28(35)37-25-19-32(21(2)3)30(29-22(4)15-17-24(29)31(25,5)39-32)38-27(34)18-16-23-12-10-8-11-13-23/h8,10-13,16,18,21-22,24-25,29-30H,6-7,9,14-15,17,19-20H2,1-5H3/b18-16+/t22-,24-,25-,29-,30+,31+,32-/m1/s1. The topological polar surface area (TPSA) is 88.1 Å². The van der Waals surface area contributed by atoms with Crippen molar-refractivity contribution < 1.29 is 33.3 Å². The maximum atomic E-state index is 13.1. The fourth-order valence-electron chi connectivity index (χ4n) is 7.06. The van der Waals surface area contributed by atoms with Gasteiger partial charge >= 0.3 is 17.9 Å². The van der Waals surface area contributed by atoms with Crippen molar-refractivity contribution in [2.45, 2.75) is 103 Å². The number of ether oxygens (including phenoxy) is 4. The smallest absolute Gasteiger partial charge is 0.344 e. The van der Waals surface area contributed by atoms with Crippen molar-refractivity contribution >= 4 is 24.0 Å². The molecule has 1 saturated carbocycles. The summed E-state index contributed by atoms with van der Waals surface area (Å²) in [5.74, 6) is -0.821. The SMILES string of the molecule is CCCCCC(=O)OCC(=O)O[C@@H]1C[C@]2(C(C)C)O[C@@]1(C)[C@@H]1CC[C@@H](C)[C@H]1[C@@H]2OC(=O)/C=C/c1ccccc1. The van der Waals surface area contributed by atoms with Crippen molar-refractivity contribution in [1.29, 1.82) is 0 Å². The summed E-state index contributed by atoms with van der Waals surface area (Å²) < 4.78 is 24.3. The van der Waals surface area contributed by atoms with E-state index in [-0.39, 0.29) is 23.7 Å². The molecule has 1 aliphatic carbocycles. The predicted octanol–water partition coefficient (Wildman–Crippen LogP) is 5.90. The van der Waals surface area contributed by atoms with E-state index in [4.69, 9.17) is 18.9 Å². The molecule has 0 unspecified atom stereocenters. The van der Waals surface area contributed by atoms with E-state index < -0.39 is 42.0 Å². The molecule has 2 aliphatic heterocycles. The molecule has 7 nitrogen and oxygen atoms in total. The molecule has 0 aromatic heterocycles. The van der Waals surface area contributed by atoms with E-state index in [2.05, 4.69) is 27.7 Å². The lowest BCUT2D eigenvalue weighted by atomic mass is 9.69. The molecule has 214 valence electrons. The summed E-state index contributed by atoms with van der Waals surface area (Å²) in [5, 5.41) is 0. The zero-order valence-electron chi connectivity index (χ0n) is 24.0. The van der Waals surface area contributed by atoms with Gasteiger partial charge in [0.15, 0.2) is 6.61 Å². The number of hydrogen-bond acceptors (Lipinski definition) is 7. The number of unbranched alkanes of at least 4 members (excludes halogenated alkanes) is 2. The summed E-state index contributed by atoms with van der Waals surface area (Å²) in [6.45, 7) is 10.1. The molecule has 4 rings (SSSR count). The van der Waals surface area contributed by atoms with Gasteiger partial charge in [-0.05, 0) is 55.6 Å². The molecule has 2 saturated heterocycles. The fraction of sp³-hybridized carbons (Fsp3) is 0.656. The Bertz CT molecular complexity index is 1050. The van der Waals surface area contributed by atoms with Gasteiger partial charge in [-0.3, -0.25) is 4.79 Å². The van der Waals surface area contributed by atoms with E-state index in [1.165, 1.54) is 6.08 Å². The molecule has 0 amide bonds. The molecule has 2 bridgehead atoms. The highest BCUT2D eigenvalue weighted by Gasteiger charge is 2.72. The lowest BCUT2D eigenvalue weighted by Crippen LogP contribution is -2.62. The average molecular weight is 541 g/mol. The summed E-state index contributed by atoms with van der Waals surface area (Å²) >= 11 is 0. The number of benzene rings is 1. The Balaban J connectivity index is 1.51. The number of hydrogen-bond donors (Lipinski definition) is 0. The highest BCUT2D eigenvalue weighted by Crippen LogP contribution is 2.63. The Morgan fingerprint density at radius 3 is 2.51 bits per heavy atom. The van der Waals surface area contributed by atoms with Crippen LogP contribution in [0.1, 0.15) is 85.1 Å². The van der Waals surface area contributed by atoms with Crippen molar-refractivity contribution in [2.75, 3.05) is 6.61 Å². The van der Waals surface area contributed by atoms with Gasteiger partial charge in [0.25, 0.3) is 0 Å². The van der Waals surface area contributed by atoms with E-state index in [9.17, 15) is 14.4 Å². The Hall–Kier alpha value is -2.67. The first-order chi connectivity index (χ1) is 18.6. The third-order valence-electron chi connectivity index (χ3n) is 9.22. The second kappa shape index (κ2) is 12.2.